The van der Waals surface area contributed by atoms with Gasteiger partial charge >= 0.3 is 47.6 Å². The molecule has 0 aromatic rings. The first-order valence-corrected chi connectivity index (χ1v) is 20.4. The van der Waals surface area contributed by atoms with E-state index < -0.39 is 159 Å². The highest BCUT2D eigenvalue weighted by atomic mass is 32.3. The van der Waals surface area contributed by atoms with E-state index in [0.29, 0.717) is 0 Å². The Hall–Kier alpha value is -1.49. The van der Waals surface area contributed by atoms with E-state index >= 15 is 0 Å². The van der Waals surface area contributed by atoms with Crippen LogP contribution in [-0.4, -0.2) is 190 Å². The van der Waals surface area contributed by atoms with Crippen molar-refractivity contribution in [2.75, 3.05) is 20.3 Å². The molecule has 0 saturated carbocycles. The minimum Gasteiger partial charge on any atom is -0.479 e. The predicted octanol–water partition coefficient (Wildman–Crippen LogP) is -5.68. The number of rotatable bonds is 18. The summed E-state index contributed by atoms with van der Waals surface area (Å²) in [5.74, 6) is -4.81. The molecule has 0 aromatic carbocycles. The zero-order valence-electron chi connectivity index (χ0n) is 28.0. The van der Waals surface area contributed by atoms with Crippen LogP contribution in [-0.2, 0) is 96.3 Å². The number of ether oxygens (including phenoxy) is 7. The second-order valence-corrected chi connectivity index (χ2v) is 16.1. The van der Waals surface area contributed by atoms with Crippen LogP contribution in [0.5, 0.6) is 0 Å². The first-order chi connectivity index (χ1) is 25.0. The topological polar surface area (TPSA) is 437 Å². The highest BCUT2D eigenvalue weighted by Gasteiger charge is 2.57. The van der Waals surface area contributed by atoms with E-state index in [9.17, 15) is 68.6 Å². The van der Waals surface area contributed by atoms with E-state index in [1.807, 2.05) is 0 Å². The number of carboxylic acid groups (broad SMARTS) is 1. The molecule has 3 fully saturated rings. The number of hydrogen-bond donors (Lipinski definition) is 9. The summed E-state index contributed by atoms with van der Waals surface area (Å²) in [5, 5.41) is 53.4. The summed E-state index contributed by atoms with van der Waals surface area (Å²) in [4.78, 5) is 12.4. The lowest BCUT2D eigenvalue weighted by Crippen LogP contribution is -2.66. The minimum atomic E-state index is -5.65. The molecule has 3 aliphatic rings. The van der Waals surface area contributed by atoms with Gasteiger partial charge in [-0.3, -0.25) is 18.2 Å². The van der Waals surface area contributed by atoms with Gasteiger partial charge in [0.05, 0.1) is 25.4 Å². The average Bonchev–Trinajstić information content (AvgIpc) is 3.03. The van der Waals surface area contributed by atoms with E-state index in [-0.39, 0.29) is 0 Å². The predicted molar refractivity (Wildman–Crippen MR) is 162 cm³/mol. The number of methoxy groups -OCH3 is 1. The summed E-state index contributed by atoms with van der Waals surface area (Å²) in [5.41, 5.74) is 0. The summed E-state index contributed by atoms with van der Waals surface area (Å²) in [6.07, 6.45) is -28.2. The van der Waals surface area contributed by atoms with E-state index in [1.165, 1.54) is 6.92 Å². The highest BCUT2D eigenvalue weighted by molar-refractivity contribution is 7.81. The van der Waals surface area contributed by atoms with Gasteiger partial charge in [-0.15, -0.1) is 0 Å². The van der Waals surface area contributed by atoms with Crippen LogP contribution in [0.15, 0.2) is 0 Å². The lowest BCUT2D eigenvalue weighted by molar-refractivity contribution is -0.372. The normalized spacial score (nSPS) is 38.7. The fourth-order valence-electron chi connectivity index (χ4n) is 5.37. The van der Waals surface area contributed by atoms with Gasteiger partial charge in [-0.05, 0) is 0 Å². The maximum absolute atomic E-state index is 12.4. The molecule has 3 heterocycles. The summed E-state index contributed by atoms with van der Waals surface area (Å²) in [6.45, 7) is -2.56. The van der Waals surface area contributed by atoms with Crippen LogP contribution in [0, 0.1) is 11.8 Å². The molecular weight excluding hydrogens is 856 g/mol. The Balaban J connectivity index is 1.98. The summed E-state index contributed by atoms with van der Waals surface area (Å²) < 4.78 is 182. The van der Waals surface area contributed by atoms with Crippen molar-refractivity contribution in [2.24, 2.45) is 11.8 Å². The Morgan fingerprint density at radius 2 is 1.15 bits per heavy atom. The maximum atomic E-state index is 12.4. The molecule has 0 aromatic heterocycles. The summed E-state index contributed by atoms with van der Waals surface area (Å²) in [6, 6.07) is 0. The van der Waals surface area contributed by atoms with Crippen LogP contribution in [0.25, 0.3) is 0 Å². The third kappa shape index (κ3) is 13.8. The Morgan fingerprint density at radius 3 is 1.62 bits per heavy atom. The monoisotopic (exact) mass is 894 g/mol. The number of carbonyl (C=O) groups is 1. The molecule has 3 aliphatic heterocycles. The summed E-state index contributed by atoms with van der Waals surface area (Å²) in [7, 11) is -20.6. The zero-order valence-corrected chi connectivity index (χ0v) is 31.2. The molecule has 29 nitrogen and oxygen atoms in total. The zero-order chi connectivity index (χ0) is 42.0. The molecule has 9 N–H and O–H groups in total. The quantitative estimate of drug-likeness (QED) is 0.0457. The second-order valence-electron chi connectivity index (χ2n) is 11.8. The molecule has 0 aliphatic carbocycles. The van der Waals surface area contributed by atoms with Gasteiger partial charge in [0.1, 0.15) is 36.6 Å². The van der Waals surface area contributed by atoms with Crippen LogP contribution in [0.2, 0.25) is 0 Å². The standard InChI is InChI=1S/C22H38O29S4/c1-6-10(23)13(8(44-19(6)28)4-42-52(29,30)31)46-21-16(50-54(35,36)37)12(25)15(17(48-21)18(26)27)47-20-7(2)11(24)14(9(45-20)5-43-53(32,33)34)49-22(41-3)51-55(38,39)40/h6-17,19-25,28H,4-5H2,1-3H3,(H,26,27)(H,29,30,31)(H,32,33,34)(H,35,36,37)(H,38,39,40)/t6-,7-,8?,9?,10?,11?,12?,13-,14-,15+,16-,17?,19+,20-,21+,22-/m0/s1. The van der Waals surface area contributed by atoms with Crippen molar-refractivity contribution >= 4 is 47.6 Å². The van der Waals surface area contributed by atoms with Gasteiger partial charge in [-0.1, -0.05) is 13.8 Å². The van der Waals surface area contributed by atoms with Crippen molar-refractivity contribution in [1.29, 1.82) is 0 Å². The van der Waals surface area contributed by atoms with Crippen molar-refractivity contribution in [3.05, 3.63) is 0 Å². The Kier molecular flexibility index (Phi) is 16.2. The van der Waals surface area contributed by atoms with Gasteiger partial charge in [0.2, 0.25) is 0 Å². The summed E-state index contributed by atoms with van der Waals surface area (Å²) >= 11 is 0. The lowest BCUT2D eigenvalue weighted by atomic mass is 9.91. The first-order valence-electron chi connectivity index (χ1n) is 15.0. The number of aliphatic hydroxyl groups is 4. The van der Waals surface area contributed by atoms with Crippen molar-refractivity contribution in [3.8, 4) is 0 Å². The molecule has 0 spiro atoms. The fourth-order valence-corrected chi connectivity index (χ4v) is 6.79. The number of hydrogen-bond acceptors (Lipinski definition) is 24. The molecule has 55 heavy (non-hydrogen) atoms. The van der Waals surface area contributed by atoms with Crippen LogP contribution >= 0.6 is 0 Å². The van der Waals surface area contributed by atoms with E-state index in [0.717, 1.165) is 14.0 Å². The van der Waals surface area contributed by atoms with Crippen LogP contribution in [0.4, 0.5) is 0 Å². The van der Waals surface area contributed by atoms with Crippen LogP contribution in [0.3, 0.4) is 0 Å². The van der Waals surface area contributed by atoms with Crippen molar-refractivity contribution < 1.29 is 132 Å². The molecule has 3 saturated heterocycles. The van der Waals surface area contributed by atoms with Gasteiger partial charge in [0.15, 0.2) is 31.1 Å². The molecular formula is C22H38O29S4. The number of aliphatic hydroxyl groups excluding tert-OH is 4. The third-order valence-corrected chi connectivity index (χ3v) is 9.72. The number of aliphatic carboxylic acids is 1. The molecule has 33 heteroatoms. The molecule has 324 valence electrons. The SMILES string of the molecule is CO[C@@H](O[C@H]1C(COS(=O)(=O)O)O[C@@H](O[C@H]2C(C(=O)O)O[C@@H](O[C@H]3C(COS(=O)(=O)O)O[C@@H](O)[C@@H](C)C3O)[C@@H](OS(=O)(=O)O)C2O)[C@@H](C)C1O)OS(=O)(=O)O. The van der Waals surface area contributed by atoms with Gasteiger partial charge in [-0.25, -0.2) is 17.3 Å². The van der Waals surface area contributed by atoms with Gasteiger partial charge in [-0.2, -0.15) is 37.9 Å². The van der Waals surface area contributed by atoms with E-state index in [2.05, 4.69) is 21.5 Å². The number of carboxylic acids is 1. The molecule has 6 unspecified atom stereocenters. The van der Waals surface area contributed by atoms with Crippen LogP contribution < -0.4 is 0 Å². The maximum Gasteiger partial charge on any atom is 0.401 e. The van der Waals surface area contributed by atoms with E-state index in [1.54, 1.807) is 0 Å². The lowest BCUT2D eigenvalue weighted by Gasteiger charge is -2.48. The third-order valence-electron chi connectivity index (χ3n) is 7.99. The largest absolute Gasteiger partial charge is 0.479 e. The average molecular weight is 895 g/mol. The van der Waals surface area contributed by atoms with Gasteiger partial charge in [0, 0.05) is 18.9 Å². The van der Waals surface area contributed by atoms with Crippen LogP contribution in [0.1, 0.15) is 13.8 Å². The molecule has 0 radical (unpaired) electrons. The van der Waals surface area contributed by atoms with Crippen molar-refractivity contribution in [2.45, 2.75) is 100 Å². The van der Waals surface area contributed by atoms with Crippen molar-refractivity contribution in [3.63, 3.8) is 0 Å². The Bertz CT molecular complexity index is 1740. The van der Waals surface area contributed by atoms with Gasteiger partial charge < -0.3 is 58.7 Å². The smallest absolute Gasteiger partial charge is 0.401 e. The first kappa shape index (κ1) is 47.9. The van der Waals surface area contributed by atoms with Crippen molar-refractivity contribution in [1.82, 2.24) is 0 Å². The Labute approximate surface area is 311 Å². The minimum absolute atomic E-state index is 0.795. The second kappa shape index (κ2) is 18.6. The molecule has 0 amide bonds. The van der Waals surface area contributed by atoms with E-state index in [4.69, 9.17) is 42.1 Å². The molecule has 3 rings (SSSR count). The molecule has 16 atom stereocenters. The highest BCUT2D eigenvalue weighted by Crippen LogP contribution is 2.37. The van der Waals surface area contributed by atoms with Gasteiger partial charge in [0.25, 0.3) is 6.48 Å². The Morgan fingerprint density at radius 1 is 0.636 bits per heavy atom. The fraction of sp³-hybridized carbons (Fsp3) is 0.955. The molecule has 0 bridgehead atoms.